The summed E-state index contributed by atoms with van der Waals surface area (Å²) in [6.07, 6.45) is 0. The molecule has 2 aromatic carbocycles. The van der Waals surface area contributed by atoms with Gasteiger partial charge in [0.2, 0.25) is 0 Å². The Kier molecular flexibility index (Phi) is 5.61. The molecule has 6 nitrogen and oxygen atoms in total. The zero-order valence-corrected chi connectivity index (χ0v) is 15.9. The SMILES string of the molecule is CCOc1ccccc1NC(=O)C1=C(C)NC(=S)NC1c1ccc(O)cc1. The first kappa shape index (κ1) is 18.7. The summed E-state index contributed by atoms with van der Waals surface area (Å²) in [6, 6.07) is 13.5. The van der Waals surface area contributed by atoms with E-state index in [2.05, 4.69) is 16.0 Å². The topological polar surface area (TPSA) is 82.6 Å². The Bertz CT molecular complexity index is 894. The minimum absolute atomic E-state index is 0.160. The first-order chi connectivity index (χ1) is 13.0. The van der Waals surface area contributed by atoms with Gasteiger partial charge >= 0.3 is 0 Å². The highest BCUT2D eigenvalue weighted by molar-refractivity contribution is 7.80. The Balaban J connectivity index is 1.93. The highest BCUT2D eigenvalue weighted by Crippen LogP contribution is 2.30. The van der Waals surface area contributed by atoms with E-state index in [4.69, 9.17) is 17.0 Å². The summed E-state index contributed by atoms with van der Waals surface area (Å²) in [7, 11) is 0. The maximum Gasteiger partial charge on any atom is 0.255 e. The molecule has 1 aliphatic heterocycles. The predicted molar refractivity (Wildman–Crippen MR) is 109 cm³/mol. The summed E-state index contributed by atoms with van der Waals surface area (Å²) in [5.74, 6) is 0.507. The number of anilines is 1. The third kappa shape index (κ3) is 4.20. The van der Waals surface area contributed by atoms with Crippen LogP contribution < -0.4 is 20.7 Å². The minimum atomic E-state index is -0.432. The third-order valence-corrected chi connectivity index (χ3v) is 4.40. The van der Waals surface area contributed by atoms with Crippen molar-refractivity contribution in [2.75, 3.05) is 11.9 Å². The number of carbonyl (C=O) groups excluding carboxylic acids is 1. The Hall–Kier alpha value is -3.06. The molecule has 1 atom stereocenters. The van der Waals surface area contributed by atoms with Crippen LogP contribution in [0.3, 0.4) is 0 Å². The van der Waals surface area contributed by atoms with Crippen molar-refractivity contribution in [2.24, 2.45) is 0 Å². The number of phenolic OH excluding ortho intramolecular Hbond substituents is 1. The summed E-state index contributed by atoms with van der Waals surface area (Å²) in [5.41, 5.74) is 2.60. The number of phenols is 1. The van der Waals surface area contributed by atoms with E-state index in [9.17, 15) is 9.90 Å². The Morgan fingerprint density at radius 2 is 1.93 bits per heavy atom. The van der Waals surface area contributed by atoms with Gasteiger partial charge in [-0.1, -0.05) is 24.3 Å². The zero-order valence-electron chi connectivity index (χ0n) is 15.1. The van der Waals surface area contributed by atoms with Crippen LogP contribution in [0, 0.1) is 0 Å². The summed E-state index contributed by atoms with van der Waals surface area (Å²) in [4.78, 5) is 13.1. The predicted octanol–water partition coefficient (Wildman–Crippen LogP) is 3.22. The van der Waals surface area contributed by atoms with Gasteiger partial charge in [-0.2, -0.15) is 0 Å². The molecule has 0 radical (unpaired) electrons. The molecule has 7 heteroatoms. The van der Waals surface area contributed by atoms with E-state index in [0.29, 0.717) is 34.4 Å². The molecule has 140 valence electrons. The zero-order chi connectivity index (χ0) is 19.4. The Morgan fingerprint density at radius 1 is 1.22 bits per heavy atom. The summed E-state index contributed by atoms with van der Waals surface area (Å²) < 4.78 is 5.58. The molecule has 1 heterocycles. The van der Waals surface area contributed by atoms with E-state index in [0.717, 1.165) is 5.56 Å². The van der Waals surface area contributed by atoms with Crippen molar-refractivity contribution in [3.8, 4) is 11.5 Å². The lowest BCUT2D eigenvalue weighted by Crippen LogP contribution is -2.45. The number of carbonyl (C=O) groups is 1. The van der Waals surface area contributed by atoms with Gasteiger partial charge in [0.25, 0.3) is 5.91 Å². The summed E-state index contributed by atoms with van der Waals surface area (Å²) in [5, 5.41) is 19.0. The van der Waals surface area contributed by atoms with E-state index in [1.807, 2.05) is 32.0 Å². The van der Waals surface area contributed by atoms with Crippen molar-refractivity contribution in [3.63, 3.8) is 0 Å². The van der Waals surface area contributed by atoms with Gasteiger partial charge in [-0.05, 0) is 55.9 Å². The quantitative estimate of drug-likeness (QED) is 0.594. The van der Waals surface area contributed by atoms with Crippen LogP contribution >= 0.6 is 12.2 Å². The van der Waals surface area contributed by atoms with Gasteiger partial charge in [0.05, 0.1) is 23.9 Å². The molecule has 0 saturated heterocycles. The van der Waals surface area contributed by atoms with Crippen LogP contribution in [0.25, 0.3) is 0 Å². The smallest absolute Gasteiger partial charge is 0.255 e. The van der Waals surface area contributed by atoms with Gasteiger partial charge in [-0.3, -0.25) is 4.79 Å². The number of hydrogen-bond acceptors (Lipinski definition) is 4. The second-order valence-corrected chi connectivity index (χ2v) is 6.45. The van der Waals surface area contributed by atoms with Crippen molar-refractivity contribution in [3.05, 3.63) is 65.4 Å². The van der Waals surface area contributed by atoms with Gasteiger partial charge in [0, 0.05) is 5.70 Å². The van der Waals surface area contributed by atoms with Gasteiger partial charge in [0.1, 0.15) is 11.5 Å². The Labute approximate surface area is 163 Å². The number of rotatable bonds is 5. The molecule has 4 N–H and O–H groups in total. The summed E-state index contributed by atoms with van der Waals surface area (Å²) >= 11 is 5.25. The number of aromatic hydroxyl groups is 1. The number of amides is 1. The normalized spacial score (nSPS) is 16.4. The lowest BCUT2D eigenvalue weighted by atomic mass is 9.95. The van der Waals surface area contributed by atoms with Crippen molar-refractivity contribution in [2.45, 2.75) is 19.9 Å². The van der Waals surface area contributed by atoms with E-state index in [1.54, 1.807) is 30.3 Å². The lowest BCUT2D eigenvalue weighted by molar-refractivity contribution is -0.113. The highest BCUT2D eigenvalue weighted by Gasteiger charge is 2.30. The summed E-state index contributed by atoms with van der Waals surface area (Å²) in [6.45, 7) is 4.20. The van der Waals surface area contributed by atoms with Crippen molar-refractivity contribution < 1.29 is 14.6 Å². The molecule has 1 aliphatic rings. The van der Waals surface area contributed by atoms with Crippen molar-refractivity contribution in [1.82, 2.24) is 10.6 Å². The van der Waals surface area contributed by atoms with Gasteiger partial charge < -0.3 is 25.8 Å². The fourth-order valence-electron chi connectivity index (χ4n) is 2.95. The van der Waals surface area contributed by atoms with Crippen LogP contribution in [0.1, 0.15) is 25.5 Å². The number of nitrogens with one attached hydrogen (secondary N) is 3. The first-order valence-electron chi connectivity index (χ1n) is 8.60. The molecule has 0 fully saturated rings. The standard InChI is InChI=1S/C20H21N3O3S/c1-3-26-16-7-5-4-6-15(16)22-19(25)17-12(2)21-20(27)23-18(17)13-8-10-14(24)11-9-13/h4-11,18,24H,3H2,1-2H3,(H,22,25)(H2,21,23,27). The number of thiocarbonyl (C=S) groups is 1. The van der Waals surface area contributed by atoms with Crippen LogP contribution in [0.4, 0.5) is 5.69 Å². The molecule has 27 heavy (non-hydrogen) atoms. The number of benzene rings is 2. The fourth-order valence-corrected chi connectivity index (χ4v) is 3.22. The molecule has 0 aromatic heterocycles. The molecule has 1 unspecified atom stereocenters. The molecule has 0 saturated carbocycles. The van der Waals surface area contributed by atoms with Crippen molar-refractivity contribution >= 4 is 28.9 Å². The lowest BCUT2D eigenvalue weighted by Gasteiger charge is -2.30. The number of para-hydroxylation sites is 2. The van der Waals surface area contributed by atoms with Crippen molar-refractivity contribution in [1.29, 1.82) is 0 Å². The first-order valence-corrected chi connectivity index (χ1v) is 9.00. The number of allylic oxidation sites excluding steroid dienone is 1. The van der Waals surface area contributed by atoms with Crippen LogP contribution in [-0.4, -0.2) is 22.7 Å². The average molecular weight is 383 g/mol. The van der Waals surface area contributed by atoms with Crippen LogP contribution in [0.5, 0.6) is 11.5 Å². The minimum Gasteiger partial charge on any atom is -0.508 e. The van der Waals surface area contributed by atoms with Crippen LogP contribution in [-0.2, 0) is 4.79 Å². The molecule has 3 rings (SSSR count). The van der Waals surface area contributed by atoms with Gasteiger partial charge in [-0.25, -0.2) is 0 Å². The molecule has 0 aliphatic carbocycles. The average Bonchev–Trinajstić information content (AvgIpc) is 2.63. The second-order valence-electron chi connectivity index (χ2n) is 6.04. The van der Waals surface area contributed by atoms with Crippen LogP contribution in [0.15, 0.2) is 59.8 Å². The third-order valence-electron chi connectivity index (χ3n) is 4.18. The fraction of sp³-hybridized carbons (Fsp3) is 0.200. The number of ether oxygens (including phenoxy) is 1. The molecule has 2 aromatic rings. The monoisotopic (exact) mass is 383 g/mol. The largest absolute Gasteiger partial charge is 0.508 e. The maximum absolute atomic E-state index is 13.1. The molecular formula is C20H21N3O3S. The van der Waals surface area contributed by atoms with E-state index < -0.39 is 6.04 Å². The van der Waals surface area contributed by atoms with Gasteiger partial charge in [-0.15, -0.1) is 0 Å². The second kappa shape index (κ2) is 8.09. The highest BCUT2D eigenvalue weighted by atomic mass is 32.1. The maximum atomic E-state index is 13.1. The van der Waals surface area contributed by atoms with E-state index >= 15 is 0 Å². The number of hydrogen-bond donors (Lipinski definition) is 4. The molecule has 1 amide bonds. The Morgan fingerprint density at radius 3 is 2.63 bits per heavy atom. The van der Waals surface area contributed by atoms with Crippen LogP contribution in [0.2, 0.25) is 0 Å². The van der Waals surface area contributed by atoms with Gasteiger partial charge in [0.15, 0.2) is 5.11 Å². The van der Waals surface area contributed by atoms with E-state index in [-0.39, 0.29) is 11.7 Å². The molecule has 0 bridgehead atoms. The van der Waals surface area contributed by atoms with E-state index in [1.165, 1.54) is 0 Å². The molecular weight excluding hydrogens is 362 g/mol. The molecule has 0 spiro atoms.